The van der Waals surface area contributed by atoms with Gasteiger partial charge >= 0.3 is 0 Å². The molecule has 0 N–H and O–H groups in total. The molecule has 3 aliphatic rings. The predicted molar refractivity (Wildman–Crippen MR) is 319 cm³/mol. The zero-order chi connectivity index (χ0) is 57.1. The minimum atomic E-state index is 0.509. The first kappa shape index (κ1) is 65.1. The molecule has 2 saturated heterocycles. The molecule has 0 aromatic heterocycles. The number of ether oxygens (including phenoxy) is 14. The van der Waals surface area contributed by atoms with E-state index in [1.807, 2.05) is 0 Å². The first-order valence-electron chi connectivity index (χ1n) is 30.8. The summed E-state index contributed by atoms with van der Waals surface area (Å²) >= 11 is 0. The summed E-state index contributed by atoms with van der Waals surface area (Å²) in [6.07, 6.45) is 5.95. The molecule has 0 saturated carbocycles. The van der Waals surface area contributed by atoms with Gasteiger partial charge in [-0.3, -0.25) is 9.80 Å². The fraction of sp³-hybridized carbons (Fsp3) is 0.636. The maximum absolute atomic E-state index is 7.05. The van der Waals surface area contributed by atoms with Crippen LogP contribution in [-0.4, -0.2) is 195 Å². The first-order chi connectivity index (χ1) is 40.6. The minimum Gasteiger partial charge on any atom is -0.493 e. The van der Waals surface area contributed by atoms with Crippen molar-refractivity contribution < 1.29 is 66.3 Å². The molecule has 2 fully saturated rings. The molecule has 7 rings (SSSR count). The Kier molecular flexibility index (Phi) is 31.2. The molecular weight excluding hydrogens is 1040 g/mol. The number of para-hydroxylation sites is 2. The Morgan fingerprint density at radius 2 is 0.500 bits per heavy atom. The fourth-order valence-electron chi connectivity index (χ4n) is 10.4. The summed E-state index contributed by atoms with van der Waals surface area (Å²) in [6, 6.07) is 22.8. The van der Waals surface area contributed by atoms with Gasteiger partial charge in [0.2, 0.25) is 0 Å². The molecule has 0 atom stereocenters. The topological polar surface area (TPSA) is 136 Å². The Balaban J connectivity index is 1.35. The summed E-state index contributed by atoms with van der Waals surface area (Å²) in [5, 5.41) is 0. The molecule has 2 aliphatic heterocycles. The van der Waals surface area contributed by atoms with Gasteiger partial charge in [-0.2, -0.15) is 0 Å². The lowest BCUT2D eigenvalue weighted by Gasteiger charge is -2.26. The van der Waals surface area contributed by atoms with Crippen molar-refractivity contribution in [1.29, 1.82) is 0 Å². The van der Waals surface area contributed by atoms with Crippen molar-refractivity contribution in [2.75, 3.05) is 185 Å². The van der Waals surface area contributed by atoms with E-state index in [9.17, 15) is 0 Å². The molecule has 0 spiro atoms. The molecular formula is C66H98N2O14. The quantitative estimate of drug-likeness (QED) is 0.0928. The van der Waals surface area contributed by atoms with Crippen LogP contribution in [-0.2, 0) is 86.1 Å². The third-order valence-electron chi connectivity index (χ3n) is 14.3. The highest BCUT2D eigenvalue weighted by molar-refractivity contribution is 5.57. The molecule has 8 bridgehead atoms. The van der Waals surface area contributed by atoms with Gasteiger partial charge in [0.25, 0.3) is 0 Å². The average Bonchev–Trinajstić information content (AvgIpc) is 3.63. The lowest BCUT2D eigenvalue weighted by Crippen LogP contribution is -2.31. The number of benzene rings is 4. The Morgan fingerprint density at radius 1 is 0.293 bits per heavy atom. The summed E-state index contributed by atoms with van der Waals surface area (Å²) < 4.78 is 87.0. The predicted octanol–water partition coefficient (Wildman–Crippen LogP) is 9.32. The highest BCUT2D eigenvalue weighted by atomic mass is 16.6. The molecule has 0 unspecified atom stereocenters. The van der Waals surface area contributed by atoms with E-state index in [-0.39, 0.29) is 0 Å². The largest absolute Gasteiger partial charge is 0.493 e. The van der Waals surface area contributed by atoms with E-state index in [0.717, 1.165) is 93.2 Å². The smallest absolute Gasteiger partial charge is 0.126 e. The van der Waals surface area contributed by atoms with Gasteiger partial charge in [0.15, 0.2) is 0 Å². The number of nitrogens with zero attached hydrogens (tertiary/aromatic N) is 2. The van der Waals surface area contributed by atoms with Crippen molar-refractivity contribution in [3.63, 3.8) is 0 Å². The van der Waals surface area contributed by atoms with Gasteiger partial charge in [-0.05, 0) is 81.3 Å². The standard InChI is InChI=1S/C66H98N2O14/c1-5-19-79-63-55-11-9-13-57(63)48-59-43-53(51-67-15-23-69-27-31-73-35-39-77-40-36-74-32-28-70-24-16-67)45-61(65(59)81-21-7-3)50-62-46-54(52-68-17-25-71-29-33-75-37-41-78-42-38-76-34-30-72-26-18-68)44-60(66(62)82-22-8-4)49-58-14-10-12-56(47-55)64(58)80-20-6-2/h9-14,43-46H,5-8,15-42,47-52H2,1-4H3. The van der Waals surface area contributed by atoms with E-state index < -0.39 is 0 Å². The number of rotatable bonds is 16. The van der Waals surface area contributed by atoms with Crippen LogP contribution in [0.1, 0.15) is 109 Å². The van der Waals surface area contributed by atoms with E-state index in [1.54, 1.807) is 0 Å². The first-order valence-corrected chi connectivity index (χ1v) is 30.8. The van der Waals surface area contributed by atoms with Crippen LogP contribution in [0, 0.1) is 0 Å². The number of hydrogen-bond donors (Lipinski definition) is 0. The molecule has 456 valence electrons. The average molecular weight is 1140 g/mol. The fourth-order valence-corrected chi connectivity index (χ4v) is 10.4. The monoisotopic (exact) mass is 1140 g/mol. The number of hydrogen-bond acceptors (Lipinski definition) is 16. The maximum atomic E-state index is 7.05. The Morgan fingerprint density at radius 3 is 0.744 bits per heavy atom. The molecule has 82 heavy (non-hydrogen) atoms. The second-order valence-electron chi connectivity index (χ2n) is 21.1. The summed E-state index contributed by atoms with van der Waals surface area (Å²) in [6.45, 7) is 25.7. The van der Waals surface area contributed by atoms with Crippen molar-refractivity contribution in [2.45, 2.75) is 92.2 Å². The molecule has 2 heterocycles. The van der Waals surface area contributed by atoms with Gasteiger partial charge in [0.05, 0.1) is 159 Å². The van der Waals surface area contributed by atoms with Crippen molar-refractivity contribution in [1.82, 2.24) is 9.80 Å². The summed E-state index contributed by atoms with van der Waals surface area (Å²) in [5.74, 6) is 3.69. The van der Waals surface area contributed by atoms with E-state index in [1.165, 1.54) is 11.1 Å². The SMILES string of the molecule is CCCOc1c2cccc1Cc1cc(CN3CCOCCOCCOCCOCCOCC3)cc(c1OCCC)Cc1cc(CN3CCOCCOCCOCCOCCOCC3)cc(c1OCCC)Cc1cccc(c1OCCC)C2. The van der Waals surface area contributed by atoms with Crippen LogP contribution in [0.15, 0.2) is 60.7 Å². The van der Waals surface area contributed by atoms with Crippen molar-refractivity contribution in [3.8, 4) is 23.0 Å². The van der Waals surface area contributed by atoms with E-state index in [4.69, 9.17) is 66.3 Å². The van der Waals surface area contributed by atoms with Gasteiger partial charge in [-0.25, -0.2) is 0 Å². The van der Waals surface area contributed by atoms with Crippen molar-refractivity contribution in [3.05, 3.63) is 116 Å². The van der Waals surface area contributed by atoms with Crippen molar-refractivity contribution >= 4 is 0 Å². The summed E-state index contributed by atoms with van der Waals surface area (Å²) in [5.41, 5.74) is 11.3. The van der Waals surface area contributed by atoms with Gasteiger partial charge in [-0.15, -0.1) is 0 Å². The van der Waals surface area contributed by atoms with Gasteiger partial charge in [0.1, 0.15) is 23.0 Å². The third-order valence-corrected chi connectivity index (χ3v) is 14.3. The van der Waals surface area contributed by atoms with Crippen LogP contribution in [0.4, 0.5) is 0 Å². The second-order valence-corrected chi connectivity index (χ2v) is 21.1. The van der Waals surface area contributed by atoms with Crippen LogP contribution in [0.5, 0.6) is 23.0 Å². The summed E-state index contributed by atoms with van der Waals surface area (Å²) in [4.78, 5) is 4.87. The molecule has 16 nitrogen and oxygen atoms in total. The van der Waals surface area contributed by atoms with E-state index >= 15 is 0 Å². The summed E-state index contributed by atoms with van der Waals surface area (Å²) in [7, 11) is 0. The zero-order valence-corrected chi connectivity index (χ0v) is 50.3. The highest BCUT2D eigenvalue weighted by Gasteiger charge is 2.25. The second kappa shape index (κ2) is 39.3. The van der Waals surface area contributed by atoms with Crippen LogP contribution in [0.25, 0.3) is 0 Å². The van der Waals surface area contributed by atoms with E-state index in [0.29, 0.717) is 224 Å². The van der Waals surface area contributed by atoms with Gasteiger partial charge < -0.3 is 66.3 Å². The Hall–Kier alpha value is -4.40. The van der Waals surface area contributed by atoms with Crippen LogP contribution in [0.2, 0.25) is 0 Å². The van der Waals surface area contributed by atoms with Gasteiger partial charge in [0, 0.05) is 65.0 Å². The molecule has 1 aliphatic carbocycles. The molecule has 0 radical (unpaired) electrons. The molecule has 16 heteroatoms. The van der Waals surface area contributed by atoms with Crippen molar-refractivity contribution in [2.24, 2.45) is 0 Å². The normalized spacial score (nSPS) is 18.5. The van der Waals surface area contributed by atoms with Crippen LogP contribution in [0.3, 0.4) is 0 Å². The minimum absolute atomic E-state index is 0.509. The molecule has 4 aromatic carbocycles. The number of fused-ring (bicyclic) bond motifs is 8. The Labute approximate surface area is 490 Å². The van der Waals surface area contributed by atoms with E-state index in [2.05, 4.69) is 98.2 Å². The Bertz CT molecular complexity index is 2190. The lowest BCUT2D eigenvalue weighted by molar-refractivity contribution is -0.0189. The molecule has 0 amide bonds. The molecule has 4 aromatic rings. The van der Waals surface area contributed by atoms with Gasteiger partial charge in [-0.1, -0.05) is 88.4 Å². The lowest BCUT2D eigenvalue weighted by atomic mass is 9.89. The third kappa shape index (κ3) is 22.9. The highest BCUT2D eigenvalue weighted by Crippen LogP contribution is 2.40. The van der Waals surface area contributed by atoms with Crippen LogP contribution < -0.4 is 18.9 Å². The zero-order valence-electron chi connectivity index (χ0n) is 50.3. The maximum Gasteiger partial charge on any atom is 0.126 e. The van der Waals surface area contributed by atoms with Crippen LogP contribution >= 0.6 is 0 Å².